The number of hydrogen-bond acceptors (Lipinski definition) is 4. The molecule has 4 nitrogen and oxygen atoms in total. The smallest absolute Gasteiger partial charge is 0.344 e. The summed E-state index contributed by atoms with van der Waals surface area (Å²) in [6.45, 7) is 0. The molecule has 1 heterocycles. The van der Waals surface area contributed by atoms with Crippen molar-refractivity contribution in [2.45, 2.75) is 0 Å². The summed E-state index contributed by atoms with van der Waals surface area (Å²) in [4.78, 5) is 17.5. The van der Waals surface area contributed by atoms with Crippen LogP contribution in [0.25, 0.3) is 22.2 Å². The number of para-hydroxylation sites is 1. The van der Waals surface area contributed by atoms with Gasteiger partial charge in [0.05, 0.1) is 28.4 Å². The number of pyridine rings is 1. The van der Waals surface area contributed by atoms with E-state index in [1.807, 2.05) is 42.5 Å². The summed E-state index contributed by atoms with van der Waals surface area (Å²) in [5.74, 6) is -0.114. The first-order valence-electron chi connectivity index (χ1n) is 8.52. The number of rotatable bonds is 3. The predicted octanol–water partition coefficient (Wildman–Crippen LogP) is 5.65. The lowest BCUT2D eigenvalue weighted by atomic mass is 10.0. The zero-order valence-electron chi connectivity index (χ0n) is 14.6. The van der Waals surface area contributed by atoms with Gasteiger partial charge in [0.25, 0.3) is 0 Å². The third-order valence-corrected chi connectivity index (χ3v) is 4.52. The van der Waals surface area contributed by atoms with E-state index in [-0.39, 0.29) is 0 Å². The van der Waals surface area contributed by atoms with Crippen molar-refractivity contribution < 1.29 is 9.53 Å². The Morgan fingerprint density at radius 3 is 2.39 bits per heavy atom. The zero-order chi connectivity index (χ0) is 19.5. The molecule has 28 heavy (non-hydrogen) atoms. The summed E-state index contributed by atoms with van der Waals surface area (Å²) in [5, 5.41) is 10.2. The molecule has 5 heteroatoms. The molecular weight excluding hydrogens is 372 g/mol. The molecule has 0 radical (unpaired) electrons. The summed E-state index contributed by atoms with van der Waals surface area (Å²) >= 11 is 5.97. The van der Waals surface area contributed by atoms with Crippen LogP contribution in [0, 0.1) is 11.3 Å². The number of halogens is 1. The number of esters is 1. The molecule has 0 saturated carbocycles. The highest BCUT2D eigenvalue weighted by atomic mass is 35.5. The maximum absolute atomic E-state index is 12.9. The number of ether oxygens (including phenoxy) is 1. The zero-order valence-corrected chi connectivity index (χ0v) is 15.4. The van der Waals surface area contributed by atoms with Crippen LogP contribution in [0.3, 0.4) is 0 Å². The largest absolute Gasteiger partial charge is 0.423 e. The molecule has 0 bridgehead atoms. The first-order chi connectivity index (χ1) is 13.6. The van der Waals surface area contributed by atoms with Crippen molar-refractivity contribution in [3.8, 4) is 23.1 Å². The number of carbonyl (C=O) groups excluding carboxylic acids is 1. The summed E-state index contributed by atoms with van der Waals surface area (Å²) in [7, 11) is 0. The van der Waals surface area contributed by atoms with Crippen molar-refractivity contribution >= 4 is 28.5 Å². The average Bonchev–Trinajstić information content (AvgIpc) is 2.74. The van der Waals surface area contributed by atoms with Gasteiger partial charge in [-0.15, -0.1) is 0 Å². The van der Waals surface area contributed by atoms with Crippen LogP contribution in [0.5, 0.6) is 5.75 Å². The highest BCUT2D eigenvalue weighted by Gasteiger charge is 2.16. The van der Waals surface area contributed by atoms with Gasteiger partial charge in [0.1, 0.15) is 5.75 Å². The van der Waals surface area contributed by atoms with E-state index in [0.29, 0.717) is 38.5 Å². The minimum Gasteiger partial charge on any atom is -0.423 e. The van der Waals surface area contributed by atoms with Gasteiger partial charge >= 0.3 is 5.97 Å². The Morgan fingerprint density at radius 2 is 1.68 bits per heavy atom. The number of carbonyl (C=O) groups is 1. The summed E-state index contributed by atoms with van der Waals surface area (Å²) in [5.41, 5.74) is 3.12. The Morgan fingerprint density at radius 1 is 0.964 bits per heavy atom. The maximum atomic E-state index is 12.9. The van der Waals surface area contributed by atoms with Crippen LogP contribution in [-0.2, 0) is 0 Å². The number of nitrogens with zero attached hydrogens (tertiary/aromatic N) is 2. The van der Waals surface area contributed by atoms with Crippen molar-refractivity contribution in [1.29, 1.82) is 5.26 Å². The van der Waals surface area contributed by atoms with E-state index in [9.17, 15) is 4.79 Å². The van der Waals surface area contributed by atoms with E-state index in [4.69, 9.17) is 21.6 Å². The first-order valence-corrected chi connectivity index (χ1v) is 8.90. The van der Waals surface area contributed by atoms with Crippen LogP contribution >= 0.6 is 11.6 Å². The fourth-order valence-electron chi connectivity index (χ4n) is 2.87. The molecule has 3 aromatic carbocycles. The molecule has 0 fully saturated rings. The number of fused-ring (bicyclic) bond motifs is 1. The Balaban J connectivity index is 1.76. The standard InChI is InChI=1S/C23H13ClN2O2/c24-17-9-7-16(8-10-17)22-13-20(19-3-1-2-4-21(19)26-22)23(27)28-18-11-5-15(14-25)6-12-18/h1-13H. The van der Waals surface area contributed by atoms with Gasteiger partial charge < -0.3 is 4.74 Å². The highest BCUT2D eigenvalue weighted by molar-refractivity contribution is 6.30. The van der Waals surface area contributed by atoms with E-state index >= 15 is 0 Å². The van der Waals surface area contributed by atoms with Gasteiger partial charge in [-0.2, -0.15) is 5.26 Å². The summed E-state index contributed by atoms with van der Waals surface area (Å²) in [6, 6.07) is 24.8. The fraction of sp³-hybridized carbons (Fsp3) is 0. The molecule has 0 N–H and O–H groups in total. The summed E-state index contributed by atoms with van der Waals surface area (Å²) in [6.07, 6.45) is 0. The number of nitriles is 1. The molecule has 0 spiro atoms. The molecule has 1 aromatic heterocycles. The van der Waals surface area contributed by atoms with Crippen LogP contribution in [0.4, 0.5) is 0 Å². The molecule has 4 rings (SSSR count). The van der Waals surface area contributed by atoms with Crippen LogP contribution in [0.2, 0.25) is 5.02 Å². The van der Waals surface area contributed by atoms with Crippen LogP contribution < -0.4 is 4.74 Å². The van der Waals surface area contributed by atoms with Crippen molar-refractivity contribution in [3.05, 3.63) is 95.0 Å². The second kappa shape index (κ2) is 7.51. The van der Waals surface area contributed by atoms with Gasteiger partial charge in [0, 0.05) is 16.0 Å². The number of benzene rings is 3. The lowest BCUT2D eigenvalue weighted by Crippen LogP contribution is -2.10. The number of hydrogen-bond donors (Lipinski definition) is 0. The Hall–Kier alpha value is -3.68. The van der Waals surface area contributed by atoms with Gasteiger partial charge in [0.2, 0.25) is 0 Å². The van der Waals surface area contributed by atoms with Gasteiger partial charge in [0.15, 0.2) is 0 Å². The third kappa shape index (κ3) is 3.57. The Kier molecular flexibility index (Phi) is 4.76. The molecule has 4 aromatic rings. The molecule has 0 aliphatic carbocycles. The topological polar surface area (TPSA) is 63.0 Å². The monoisotopic (exact) mass is 384 g/mol. The normalized spacial score (nSPS) is 10.4. The maximum Gasteiger partial charge on any atom is 0.344 e. The molecule has 0 amide bonds. The lowest BCUT2D eigenvalue weighted by molar-refractivity contribution is 0.0737. The third-order valence-electron chi connectivity index (χ3n) is 4.27. The number of aromatic nitrogens is 1. The van der Waals surface area contributed by atoms with Gasteiger partial charge in [-0.3, -0.25) is 0 Å². The lowest BCUT2D eigenvalue weighted by Gasteiger charge is -2.10. The van der Waals surface area contributed by atoms with E-state index in [1.54, 1.807) is 42.5 Å². The molecule has 0 aliphatic heterocycles. The second-order valence-electron chi connectivity index (χ2n) is 6.10. The molecule has 0 aliphatic rings. The van der Waals surface area contributed by atoms with Crippen LogP contribution in [0.1, 0.15) is 15.9 Å². The van der Waals surface area contributed by atoms with Crippen molar-refractivity contribution in [1.82, 2.24) is 4.98 Å². The molecule has 0 saturated heterocycles. The Bertz CT molecular complexity index is 1210. The van der Waals surface area contributed by atoms with Crippen LogP contribution in [-0.4, -0.2) is 11.0 Å². The second-order valence-corrected chi connectivity index (χ2v) is 6.54. The first kappa shape index (κ1) is 17.7. The molecular formula is C23H13ClN2O2. The molecule has 0 unspecified atom stereocenters. The van der Waals surface area contributed by atoms with Crippen molar-refractivity contribution in [2.24, 2.45) is 0 Å². The summed E-state index contributed by atoms with van der Waals surface area (Å²) < 4.78 is 5.52. The van der Waals surface area contributed by atoms with E-state index in [2.05, 4.69) is 4.98 Å². The van der Waals surface area contributed by atoms with Gasteiger partial charge in [-0.05, 0) is 48.5 Å². The van der Waals surface area contributed by atoms with Crippen LogP contribution in [0.15, 0.2) is 78.9 Å². The van der Waals surface area contributed by atoms with E-state index in [1.165, 1.54) is 0 Å². The highest BCUT2D eigenvalue weighted by Crippen LogP contribution is 2.27. The van der Waals surface area contributed by atoms with Crippen molar-refractivity contribution in [2.75, 3.05) is 0 Å². The van der Waals surface area contributed by atoms with E-state index < -0.39 is 5.97 Å². The minimum absolute atomic E-state index is 0.373. The molecule has 0 atom stereocenters. The molecule has 134 valence electrons. The Labute approximate surface area is 166 Å². The SMILES string of the molecule is N#Cc1ccc(OC(=O)c2cc(-c3ccc(Cl)cc3)nc3ccccc23)cc1. The minimum atomic E-state index is -0.487. The van der Waals surface area contributed by atoms with Gasteiger partial charge in [-0.25, -0.2) is 9.78 Å². The average molecular weight is 385 g/mol. The quantitative estimate of drug-likeness (QED) is 0.338. The predicted molar refractivity (Wildman–Crippen MR) is 108 cm³/mol. The van der Waals surface area contributed by atoms with E-state index in [0.717, 1.165) is 5.56 Å². The van der Waals surface area contributed by atoms with Gasteiger partial charge in [-0.1, -0.05) is 41.9 Å². The fourth-order valence-corrected chi connectivity index (χ4v) is 3.00. The van der Waals surface area contributed by atoms with Crippen molar-refractivity contribution in [3.63, 3.8) is 0 Å².